The smallest absolute Gasteiger partial charge is 0.270 e. The molecule has 0 aromatic heterocycles. The number of nitrogens with zero attached hydrogens (tertiary/aromatic N) is 1. The van der Waals surface area contributed by atoms with Crippen LogP contribution in [0.2, 0.25) is 0 Å². The minimum Gasteiger partial charge on any atom is -0.272 e. The van der Waals surface area contributed by atoms with Crippen LogP contribution in [0.15, 0.2) is 48.5 Å². The summed E-state index contributed by atoms with van der Waals surface area (Å²) in [5.74, 6) is -0.791. The van der Waals surface area contributed by atoms with Crippen LogP contribution in [0.3, 0.4) is 0 Å². The van der Waals surface area contributed by atoms with Crippen LogP contribution in [0.4, 0.5) is 10.1 Å². The molecular weight excluding hydrogens is 349 g/mol. The summed E-state index contributed by atoms with van der Waals surface area (Å²) in [6.45, 7) is 0. The first-order valence-electron chi connectivity index (χ1n) is 7.11. The fourth-order valence-corrected chi connectivity index (χ4v) is 2.63. The Hall–Kier alpha value is -2.94. The maximum Gasteiger partial charge on any atom is 0.270 e. The molecule has 0 saturated carbocycles. The molecule has 0 saturated heterocycles. The van der Waals surface area contributed by atoms with Crippen LogP contribution < -0.4 is 10.9 Å². The molecule has 25 heavy (non-hydrogen) atoms. The summed E-state index contributed by atoms with van der Waals surface area (Å²) in [6, 6.07) is 11.1. The van der Waals surface area contributed by atoms with Gasteiger partial charge < -0.3 is 0 Å². The van der Waals surface area contributed by atoms with Crippen molar-refractivity contribution in [3.63, 3.8) is 0 Å². The molecule has 0 bridgehead atoms. The van der Waals surface area contributed by atoms with E-state index in [2.05, 4.69) is 10.9 Å². The van der Waals surface area contributed by atoms with E-state index >= 15 is 0 Å². The largest absolute Gasteiger partial charge is 0.272 e. The van der Waals surface area contributed by atoms with Crippen molar-refractivity contribution < 1.29 is 18.9 Å². The average molecular weight is 363 g/mol. The molecule has 0 fully saturated rings. The first-order chi connectivity index (χ1) is 12.0. The van der Waals surface area contributed by atoms with Gasteiger partial charge in [-0.25, -0.2) is 4.39 Å². The first kappa shape index (κ1) is 18.4. The van der Waals surface area contributed by atoms with E-state index in [9.17, 15) is 24.1 Å². The number of nitro groups is 1. The van der Waals surface area contributed by atoms with E-state index < -0.39 is 16.7 Å². The monoisotopic (exact) mass is 363 g/mol. The summed E-state index contributed by atoms with van der Waals surface area (Å²) in [5.41, 5.74) is 5.16. The number of carbonyl (C=O) groups excluding carboxylic acids is 2. The lowest BCUT2D eigenvalue weighted by Crippen LogP contribution is -2.42. The number of hydrogen-bond donors (Lipinski definition) is 2. The maximum absolute atomic E-state index is 12.8. The highest BCUT2D eigenvalue weighted by Gasteiger charge is 2.12. The Balaban J connectivity index is 1.75. The Morgan fingerprint density at radius 3 is 2.52 bits per heavy atom. The van der Waals surface area contributed by atoms with Gasteiger partial charge in [0.1, 0.15) is 5.82 Å². The molecule has 0 radical (unpaired) electrons. The summed E-state index contributed by atoms with van der Waals surface area (Å²) in [4.78, 5) is 33.6. The third-order valence-corrected chi connectivity index (χ3v) is 4.05. The first-order valence-corrected chi connectivity index (χ1v) is 8.27. The van der Waals surface area contributed by atoms with Gasteiger partial charge in [-0.2, -0.15) is 0 Å². The number of non-ortho nitro benzene ring substituents is 1. The Labute approximate surface area is 146 Å². The summed E-state index contributed by atoms with van der Waals surface area (Å²) >= 11 is 1.30. The molecule has 7 nitrogen and oxygen atoms in total. The van der Waals surface area contributed by atoms with Crippen LogP contribution in [0, 0.1) is 15.9 Å². The number of nitro benzene ring substituents is 1. The SMILES string of the molecule is O=C(CSCc1ccc(F)cc1)NNC(=O)c1cccc([N+](=O)[O-])c1. The van der Waals surface area contributed by atoms with Gasteiger partial charge >= 0.3 is 0 Å². The number of nitrogens with one attached hydrogen (secondary N) is 2. The van der Waals surface area contributed by atoms with Crippen molar-refractivity contribution in [2.24, 2.45) is 0 Å². The zero-order valence-electron chi connectivity index (χ0n) is 12.9. The second-order valence-corrected chi connectivity index (χ2v) is 5.91. The van der Waals surface area contributed by atoms with Crippen molar-refractivity contribution in [1.29, 1.82) is 0 Å². The predicted octanol–water partition coefficient (Wildman–Crippen LogP) is 2.43. The predicted molar refractivity (Wildman–Crippen MR) is 91.3 cm³/mol. The van der Waals surface area contributed by atoms with Gasteiger partial charge in [-0.1, -0.05) is 18.2 Å². The standard InChI is InChI=1S/C16H14FN3O4S/c17-13-6-4-11(5-7-13)9-25-10-15(21)18-19-16(22)12-2-1-3-14(8-12)20(23)24/h1-8H,9-10H2,(H,18,21)(H,19,22). The number of rotatable bonds is 6. The molecule has 2 rings (SSSR count). The Morgan fingerprint density at radius 2 is 1.84 bits per heavy atom. The van der Waals surface area contributed by atoms with Crippen molar-refractivity contribution in [2.75, 3.05) is 5.75 Å². The molecule has 0 aliphatic rings. The summed E-state index contributed by atoms with van der Waals surface area (Å²) in [7, 11) is 0. The molecule has 0 heterocycles. The highest BCUT2D eigenvalue weighted by molar-refractivity contribution is 7.99. The van der Waals surface area contributed by atoms with E-state index in [-0.39, 0.29) is 22.8 Å². The number of hydrogen-bond acceptors (Lipinski definition) is 5. The zero-order valence-corrected chi connectivity index (χ0v) is 13.7. The van der Waals surface area contributed by atoms with Crippen LogP contribution in [-0.2, 0) is 10.5 Å². The zero-order chi connectivity index (χ0) is 18.2. The van der Waals surface area contributed by atoms with Gasteiger partial charge in [0.2, 0.25) is 5.91 Å². The lowest BCUT2D eigenvalue weighted by atomic mass is 10.2. The Kier molecular flexibility index (Phi) is 6.47. The van der Waals surface area contributed by atoms with Gasteiger partial charge in [0.05, 0.1) is 10.7 Å². The molecule has 0 unspecified atom stereocenters. The van der Waals surface area contributed by atoms with Gasteiger partial charge in [-0.3, -0.25) is 30.6 Å². The summed E-state index contributed by atoms with van der Waals surface area (Å²) < 4.78 is 12.8. The fourth-order valence-electron chi connectivity index (χ4n) is 1.84. The van der Waals surface area contributed by atoms with Crippen molar-refractivity contribution in [1.82, 2.24) is 10.9 Å². The topological polar surface area (TPSA) is 101 Å². The van der Waals surface area contributed by atoms with Crippen LogP contribution in [0.5, 0.6) is 0 Å². The van der Waals surface area contributed by atoms with E-state index in [0.29, 0.717) is 5.75 Å². The van der Waals surface area contributed by atoms with E-state index in [1.165, 1.54) is 42.1 Å². The van der Waals surface area contributed by atoms with Crippen LogP contribution in [0.25, 0.3) is 0 Å². The van der Waals surface area contributed by atoms with Crippen molar-refractivity contribution >= 4 is 29.3 Å². The van der Waals surface area contributed by atoms with Gasteiger partial charge in [0.25, 0.3) is 11.6 Å². The molecule has 0 aliphatic heterocycles. The number of halogens is 1. The van der Waals surface area contributed by atoms with Gasteiger partial charge in [-0.15, -0.1) is 11.8 Å². The minimum absolute atomic E-state index is 0.0634. The second kappa shape index (κ2) is 8.78. The molecular formula is C16H14FN3O4S. The molecule has 0 spiro atoms. The number of benzene rings is 2. The number of amides is 2. The molecule has 2 aromatic rings. The van der Waals surface area contributed by atoms with Crippen LogP contribution in [0.1, 0.15) is 15.9 Å². The molecule has 2 N–H and O–H groups in total. The third kappa shape index (κ3) is 5.88. The van der Waals surface area contributed by atoms with E-state index in [1.54, 1.807) is 12.1 Å². The van der Waals surface area contributed by atoms with Crippen LogP contribution in [-0.4, -0.2) is 22.5 Å². The third-order valence-electron chi connectivity index (χ3n) is 3.05. The summed E-state index contributed by atoms with van der Waals surface area (Å²) in [6.07, 6.45) is 0. The van der Waals surface area contributed by atoms with Crippen molar-refractivity contribution in [3.8, 4) is 0 Å². The van der Waals surface area contributed by atoms with Crippen molar-refractivity contribution in [3.05, 3.63) is 75.6 Å². The quantitative estimate of drug-likeness (QED) is 0.606. The minimum atomic E-state index is -0.652. The van der Waals surface area contributed by atoms with Gasteiger partial charge in [0, 0.05) is 23.4 Å². The summed E-state index contributed by atoms with van der Waals surface area (Å²) in [5, 5.41) is 10.7. The average Bonchev–Trinajstić information content (AvgIpc) is 2.61. The molecule has 2 amide bonds. The Bertz CT molecular complexity index is 783. The van der Waals surface area contributed by atoms with E-state index in [4.69, 9.17) is 0 Å². The second-order valence-electron chi connectivity index (χ2n) is 4.93. The normalized spacial score (nSPS) is 10.1. The molecule has 0 aliphatic carbocycles. The number of thioether (sulfide) groups is 1. The highest BCUT2D eigenvalue weighted by atomic mass is 32.2. The van der Waals surface area contributed by atoms with Gasteiger partial charge in [-0.05, 0) is 23.8 Å². The maximum atomic E-state index is 12.8. The van der Waals surface area contributed by atoms with Crippen LogP contribution >= 0.6 is 11.8 Å². The van der Waals surface area contributed by atoms with E-state index in [0.717, 1.165) is 11.6 Å². The fraction of sp³-hybridized carbons (Fsp3) is 0.125. The number of carbonyl (C=O) groups is 2. The lowest BCUT2D eigenvalue weighted by Gasteiger charge is -2.07. The molecule has 2 aromatic carbocycles. The highest BCUT2D eigenvalue weighted by Crippen LogP contribution is 2.13. The Morgan fingerprint density at radius 1 is 1.12 bits per heavy atom. The number of hydrazine groups is 1. The van der Waals surface area contributed by atoms with Gasteiger partial charge in [0.15, 0.2) is 0 Å². The molecule has 0 atom stereocenters. The van der Waals surface area contributed by atoms with E-state index in [1.807, 2.05) is 0 Å². The molecule has 130 valence electrons. The molecule has 9 heteroatoms. The van der Waals surface area contributed by atoms with Crippen molar-refractivity contribution in [2.45, 2.75) is 5.75 Å². The lowest BCUT2D eigenvalue weighted by molar-refractivity contribution is -0.384.